The van der Waals surface area contributed by atoms with Crippen LogP contribution >= 0.6 is 11.8 Å². The van der Waals surface area contributed by atoms with Crippen molar-refractivity contribution in [3.8, 4) is 0 Å². The van der Waals surface area contributed by atoms with Crippen molar-refractivity contribution in [2.24, 2.45) is 11.7 Å². The van der Waals surface area contributed by atoms with Crippen LogP contribution in [0.15, 0.2) is 0 Å². The van der Waals surface area contributed by atoms with Crippen molar-refractivity contribution >= 4 is 11.8 Å². The molecule has 3 heteroatoms. The predicted octanol–water partition coefficient (Wildman–Crippen LogP) is 1.23. The fraction of sp³-hybridized carbons (Fsp3) is 1.00. The molecule has 3 unspecified atom stereocenters. The molecule has 0 spiro atoms. The van der Waals surface area contributed by atoms with Gasteiger partial charge in [-0.15, -0.1) is 0 Å². The highest BCUT2D eigenvalue weighted by Crippen LogP contribution is 2.29. The van der Waals surface area contributed by atoms with E-state index in [1.807, 2.05) is 11.8 Å². The predicted molar refractivity (Wildman–Crippen MR) is 54.3 cm³/mol. The molecule has 2 nitrogen and oxygen atoms in total. The summed E-state index contributed by atoms with van der Waals surface area (Å²) in [6, 6.07) is 0.437. The van der Waals surface area contributed by atoms with Gasteiger partial charge in [0, 0.05) is 17.9 Å². The molecule has 1 aliphatic rings. The van der Waals surface area contributed by atoms with E-state index in [1.165, 1.54) is 19.3 Å². The van der Waals surface area contributed by atoms with E-state index >= 15 is 0 Å². The lowest BCUT2D eigenvalue weighted by molar-refractivity contribution is 0.250. The van der Waals surface area contributed by atoms with Crippen LogP contribution in [-0.4, -0.2) is 28.8 Å². The molecule has 0 saturated heterocycles. The van der Waals surface area contributed by atoms with Gasteiger partial charge in [-0.1, -0.05) is 6.92 Å². The van der Waals surface area contributed by atoms with Crippen LogP contribution in [0.3, 0.4) is 0 Å². The van der Waals surface area contributed by atoms with Crippen molar-refractivity contribution in [3.05, 3.63) is 0 Å². The van der Waals surface area contributed by atoms with Gasteiger partial charge in [-0.2, -0.15) is 11.8 Å². The fourth-order valence-corrected chi connectivity index (χ4v) is 2.87. The largest absolute Gasteiger partial charge is 0.396 e. The van der Waals surface area contributed by atoms with E-state index in [0.29, 0.717) is 18.6 Å². The highest BCUT2D eigenvalue weighted by molar-refractivity contribution is 7.99. The third-order valence-electron chi connectivity index (χ3n) is 2.35. The Morgan fingerprint density at radius 1 is 1.58 bits per heavy atom. The maximum absolute atomic E-state index is 8.82. The molecule has 12 heavy (non-hydrogen) atoms. The summed E-state index contributed by atoms with van der Waals surface area (Å²) < 4.78 is 0. The van der Waals surface area contributed by atoms with E-state index < -0.39 is 0 Å². The van der Waals surface area contributed by atoms with Crippen LogP contribution < -0.4 is 5.73 Å². The van der Waals surface area contributed by atoms with Crippen molar-refractivity contribution < 1.29 is 5.11 Å². The number of aliphatic hydroxyl groups is 1. The van der Waals surface area contributed by atoms with Gasteiger partial charge in [0.15, 0.2) is 0 Å². The second kappa shape index (κ2) is 5.10. The van der Waals surface area contributed by atoms with E-state index in [2.05, 4.69) is 6.92 Å². The molecule has 0 amide bonds. The lowest BCUT2D eigenvalue weighted by Gasteiger charge is -2.12. The van der Waals surface area contributed by atoms with Crippen LogP contribution in [0.1, 0.15) is 26.2 Å². The molecular formula is C9H19NOS. The molecule has 1 aliphatic carbocycles. The highest BCUT2D eigenvalue weighted by Gasteiger charge is 2.22. The SMILES string of the molecule is CC(CO)CSC1CCC(N)C1. The molecule has 3 atom stereocenters. The van der Waals surface area contributed by atoms with Crippen molar-refractivity contribution in [2.75, 3.05) is 12.4 Å². The van der Waals surface area contributed by atoms with E-state index in [-0.39, 0.29) is 0 Å². The Morgan fingerprint density at radius 2 is 2.33 bits per heavy atom. The summed E-state index contributed by atoms with van der Waals surface area (Å²) in [6.07, 6.45) is 3.62. The van der Waals surface area contributed by atoms with Crippen LogP contribution in [0, 0.1) is 5.92 Å². The molecule has 0 aromatic carbocycles. The zero-order chi connectivity index (χ0) is 8.97. The number of thioether (sulfide) groups is 1. The number of nitrogens with two attached hydrogens (primary N) is 1. The van der Waals surface area contributed by atoms with Gasteiger partial charge in [-0.05, 0) is 30.9 Å². The van der Waals surface area contributed by atoms with Crippen LogP contribution in [0.2, 0.25) is 0 Å². The molecule has 3 N–H and O–H groups in total. The van der Waals surface area contributed by atoms with Crippen molar-refractivity contribution in [3.63, 3.8) is 0 Å². The molecule has 0 aromatic heterocycles. The van der Waals surface area contributed by atoms with Gasteiger partial charge < -0.3 is 10.8 Å². The Hall–Kier alpha value is 0.270. The van der Waals surface area contributed by atoms with Gasteiger partial charge in [0.1, 0.15) is 0 Å². The second-order valence-electron chi connectivity index (χ2n) is 3.82. The van der Waals surface area contributed by atoms with Crippen LogP contribution in [0.4, 0.5) is 0 Å². The summed E-state index contributed by atoms with van der Waals surface area (Å²) in [5, 5.41) is 9.58. The first-order valence-electron chi connectivity index (χ1n) is 4.70. The molecule has 1 fully saturated rings. The third-order valence-corrected chi connectivity index (χ3v) is 4.01. The lowest BCUT2D eigenvalue weighted by atomic mass is 10.2. The van der Waals surface area contributed by atoms with Crippen LogP contribution in [-0.2, 0) is 0 Å². The number of hydrogen-bond acceptors (Lipinski definition) is 3. The van der Waals surface area contributed by atoms with E-state index in [0.717, 1.165) is 11.0 Å². The Morgan fingerprint density at radius 3 is 2.83 bits per heavy atom. The van der Waals surface area contributed by atoms with Crippen molar-refractivity contribution in [1.29, 1.82) is 0 Å². The molecule has 72 valence electrons. The zero-order valence-electron chi connectivity index (χ0n) is 7.70. The Balaban J connectivity index is 2.07. The summed E-state index contributed by atoms with van der Waals surface area (Å²) in [7, 11) is 0. The second-order valence-corrected chi connectivity index (χ2v) is 5.15. The van der Waals surface area contributed by atoms with E-state index in [4.69, 9.17) is 10.8 Å². The maximum atomic E-state index is 8.82. The quantitative estimate of drug-likeness (QED) is 0.699. The fourth-order valence-electron chi connectivity index (χ4n) is 1.48. The van der Waals surface area contributed by atoms with E-state index in [9.17, 15) is 0 Å². The molecule has 1 saturated carbocycles. The van der Waals surface area contributed by atoms with Crippen molar-refractivity contribution in [2.45, 2.75) is 37.5 Å². The summed E-state index contributed by atoms with van der Waals surface area (Å²) in [6.45, 7) is 2.40. The summed E-state index contributed by atoms with van der Waals surface area (Å²) in [4.78, 5) is 0. The summed E-state index contributed by atoms with van der Waals surface area (Å²) in [5.41, 5.74) is 5.80. The van der Waals surface area contributed by atoms with Gasteiger partial charge in [0.2, 0.25) is 0 Å². The third kappa shape index (κ3) is 3.33. The number of rotatable bonds is 4. The molecular weight excluding hydrogens is 170 g/mol. The highest BCUT2D eigenvalue weighted by atomic mass is 32.2. The van der Waals surface area contributed by atoms with Crippen LogP contribution in [0.5, 0.6) is 0 Å². The minimum absolute atomic E-state index is 0.311. The minimum Gasteiger partial charge on any atom is -0.396 e. The smallest absolute Gasteiger partial charge is 0.0464 e. The number of hydrogen-bond donors (Lipinski definition) is 2. The molecule has 0 bridgehead atoms. The normalized spacial score (nSPS) is 32.2. The van der Waals surface area contributed by atoms with Gasteiger partial charge in [0.25, 0.3) is 0 Å². The topological polar surface area (TPSA) is 46.2 Å². The molecule has 0 aliphatic heterocycles. The lowest BCUT2D eigenvalue weighted by Crippen LogP contribution is -2.15. The van der Waals surface area contributed by atoms with E-state index in [1.54, 1.807) is 0 Å². The zero-order valence-corrected chi connectivity index (χ0v) is 8.52. The monoisotopic (exact) mass is 189 g/mol. The average molecular weight is 189 g/mol. The first-order valence-corrected chi connectivity index (χ1v) is 5.75. The van der Waals surface area contributed by atoms with Gasteiger partial charge in [0.05, 0.1) is 0 Å². The Bertz CT molecular complexity index is 132. The van der Waals surface area contributed by atoms with Gasteiger partial charge in [-0.3, -0.25) is 0 Å². The number of aliphatic hydroxyl groups excluding tert-OH is 1. The van der Waals surface area contributed by atoms with Gasteiger partial charge >= 0.3 is 0 Å². The first kappa shape index (κ1) is 10.4. The first-order chi connectivity index (χ1) is 5.72. The Labute approximate surface area is 78.9 Å². The molecule has 0 aromatic rings. The summed E-state index contributed by atoms with van der Waals surface area (Å²) in [5.74, 6) is 1.51. The summed E-state index contributed by atoms with van der Waals surface area (Å²) >= 11 is 1.98. The standard InChI is InChI=1S/C9H19NOS/c1-7(5-11)6-12-9-3-2-8(10)4-9/h7-9,11H,2-6,10H2,1H3. The maximum Gasteiger partial charge on any atom is 0.0464 e. The minimum atomic E-state index is 0.311. The van der Waals surface area contributed by atoms with Crippen LogP contribution in [0.25, 0.3) is 0 Å². The average Bonchev–Trinajstić information content (AvgIpc) is 2.47. The van der Waals surface area contributed by atoms with Crippen molar-refractivity contribution in [1.82, 2.24) is 0 Å². The molecule has 0 radical (unpaired) electrons. The van der Waals surface area contributed by atoms with Gasteiger partial charge in [-0.25, -0.2) is 0 Å². The molecule has 0 heterocycles. The Kier molecular flexibility index (Phi) is 4.40. The molecule has 1 rings (SSSR count).